The Morgan fingerprint density at radius 1 is 1.08 bits per heavy atom. The first-order valence-electron chi connectivity index (χ1n) is 7.96. The van der Waals surface area contributed by atoms with Gasteiger partial charge >= 0.3 is 51.4 Å². The van der Waals surface area contributed by atoms with Crippen LogP contribution in [0.5, 0.6) is 17.2 Å². The number of benzene rings is 2. The molecule has 0 fully saturated rings. The predicted octanol–water partition coefficient (Wildman–Crippen LogP) is 0.926. The van der Waals surface area contributed by atoms with Crippen molar-refractivity contribution in [3.8, 4) is 17.2 Å². The van der Waals surface area contributed by atoms with Crippen molar-refractivity contribution in [3.63, 3.8) is 0 Å². The van der Waals surface area contributed by atoms with E-state index in [-0.39, 0.29) is 62.0 Å². The van der Waals surface area contributed by atoms with Gasteiger partial charge in [0.15, 0.2) is 0 Å². The zero-order valence-corrected chi connectivity index (χ0v) is 18.5. The minimum absolute atomic E-state index is 0. The monoisotopic (exact) mass is 388 g/mol. The van der Waals surface area contributed by atoms with Crippen LogP contribution in [0, 0.1) is 0 Å². The minimum atomic E-state index is -4.44. The summed E-state index contributed by atoms with van der Waals surface area (Å²) in [6.45, 7) is 2.08. The van der Waals surface area contributed by atoms with Gasteiger partial charge in [-0.1, -0.05) is 50.1 Å². The standard InChI is InChI=1S/C18H22O5S.K/c1-2-3-4-6-9-14-12-17(23-15-10-7-5-8-11-15)16(19)13-18(14)24(20,21)22;/h5,7-8,10-13,19H,2-4,6,9H2,1H3,(H,20,21,22);/q;+1/p-1. The summed E-state index contributed by atoms with van der Waals surface area (Å²) in [6, 6.07) is 11.1. The van der Waals surface area contributed by atoms with Crippen LogP contribution in [0.2, 0.25) is 0 Å². The van der Waals surface area contributed by atoms with Gasteiger partial charge in [0.2, 0.25) is 0 Å². The summed E-state index contributed by atoms with van der Waals surface area (Å²) in [5.41, 5.74) is 0.402. The molecule has 0 amide bonds. The summed E-state index contributed by atoms with van der Waals surface area (Å²) >= 11 is 0. The third kappa shape index (κ3) is 7.01. The minimum Gasteiger partial charge on any atom is -0.870 e. The molecule has 0 aromatic heterocycles. The van der Waals surface area contributed by atoms with Crippen molar-refractivity contribution < 1.29 is 74.2 Å². The van der Waals surface area contributed by atoms with E-state index in [1.54, 1.807) is 24.3 Å². The Morgan fingerprint density at radius 2 is 1.76 bits per heavy atom. The van der Waals surface area contributed by atoms with E-state index in [9.17, 15) is 18.1 Å². The summed E-state index contributed by atoms with van der Waals surface area (Å²) < 4.78 is 38.0. The molecule has 0 unspecified atom stereocenters. The van der Waals surface area contributed by atoms with E-state index >= 15 is 0 Å². The van der Waals surface area contributed by atoms with E-state index in [0.29, 0.717) is 17.7 Å². The molecule has 0 spiro atoms. The van der Waals surface area contributed by atoms with Gasteiger partial charge < -0.3 is 9.84 Å². The van der Waals surface area contributed by atoms with Crippen molar-refractivity contribution in [3.05, 3.63) is 48.0 Å². The molecule has 0 heterocycles. The number of para-hydroxylation sites is 1. The van der Waals surface area contributed by atoms with Crippen LogP contribution in [0.15, 0.2) is 47.4 Å². The number of aryl methyl sites for hydroxylation is 1. The van der Waals surface area contributed by atoms with Crippen molar-refractivity contribution in [2.75, 3.05) is 0 Å². The Morgan fingerprint density at radius 3 is 2.36 bits per heavy atom. The second-order valence-corrected chi connectivity index (χ2v) is 7.00. The molecule has 0 radical (unpaired) electrons. The van der Waals surface area contributed by atoms with Gasteiger partial charge in [0.05, 0.1) is 4.90 Å². The van der Waals surface area contributed by atoms with Gasteiger partial charge in [-0.05, 0) is 42.7 Å². The number of hydrogen-bond donors (Lipinski definition) is 1. The van der Waals surface area contributed by atoms with Crippen molar-refractivity contribution >= 4 is 10.1 Å². The van der Waals surface area contributed by atoms with Crippen molar-refractivity contribution in [2.24, 2.45) is 0 Å². The molecule has 7 heteroatoms. The van der Waals surface area contributed by atoms with Crippen molar-refractivity contribution in [1.82, 2.24) is 0 Å². The topological polar surface area (TPSA) is 86.7 Å². The molecule has 2 aromatic rings. The van der Waals surface area contributed by atoms with Gasteiger partial charge in [-0.3, -0.25) is 4.55 Å². The number of rotatable bonds is 8. The smallest absolute Gasteiger partial charge is 0.870 e. The average molecular weight is 389 g/mol. The number of hydrogen-bond acceptors (Lipinski definition) is 4. The zero-order valence-electron chi connectivity index (χ0n) is 14.6. The van der Waals surface area contributed by atoms with Gasteiger partial charge in [-0.2, -0.15) is 8.42 Å². The fourth-order valence-electron chi connectivity index (χ4n) is 2.46. The largest absolute Gasteiger partial charge is 1.00 e. The summed E-state index contributed by atoms with van der Waals surface area (Å²) in [6.07, 6.45) is 4.30. The third-order valence-corrected chi connectivity index (χ3v) is 4.61. The maximum Gasteiger partial charge on any atom is 1.00 e. The molecule has 2 rings (SSSR count). The fourth-order valence-corrected chi connectivity index (χ4v) is 3.20. The Hall–Kier alpha value is -0.414. The van der Waals surface area contributed by atoms with Gasteiger partial charge in [0.1, 0.15) is 11.5 Å². The van der Waals surface area contributed by atoms with Crippen LogP contribution >= 0.6 is 0 Å². The van der Waals surface area contributed by atoms with Crippen LogP contribution in [0.3, 0.4) is 0 Å². The summed E-state index contributed by atoms with van der Waals surface area (Å²) in [7, 11) is -4.44. The third-order valence-electron chi connectivity index (χ3n) is 3.68. The molecule has 0 bridgehead atoms. The fraction of sp³-hybridized carbons (Fsp3) is 0.333. The molecule has 0 atom stereocenters. The predicted molar refractivity (Wildman–Crippen MR) is 90.1 cm³/mol. The van der Waals surface area contributed by atoms with Gasteiger partial charge in [-0.25, -0.2) is 0 Å². The van der Waals surface area contributed by atoms with Gasteiger partial charge in [0, 0.05) is 0 Å². The van der Waals surface area contributed by atoms with Crippen molar-refractivity contribution in [1.29, 1.82) is 0 Å². The molecule has 5 nitrogen and oxygen atoms in total. The van der Waals surface area contributed by atoms with Crippen LogP contribution in [0.25, 0.3) is 0 Å². The van der Waals surface area contributed by atoms with Gasteiger partial charge in [-0.15, -0.1) is 0 Å². The Bertz CT molecular complexity index is 776. The second-order valence-electron chi connectivity index (χ2n) is 5.61. The summed E-state index contributed by atoms with van der Waals surface area (Å²) in [5, 5.41) is 12.1. The number of ether oxygens (including phenoxy) is 1. The molecule has 25 heavy (non-hydrogen) atoms. The van der Waals surface area contributed by atoms with Crippen LogP contribution < -0.4 is 61.2 Å². The van der Waals surface area contributed by atoms with E-state index in [4.69, 9.17) is 4.74 Å². The van der Waals surface area contributed by atoms with Crippen molar-refractivity contribution in [2.45, 2.75) is 43.9 Å². The van der Waals surface area contributed by atoms with Crippen LogP contribution in [0.4, 0.5) is 0 Å². The molecular weight excluding hydrogens is 367 g/mol. The zero-order chi connectivity index (χ0) is 17.6. The quantitative estimate of drug-likeness (QED) is 0.413. The van der Waals surface area contributed by atoms with E-state index in [1.165, 1.54) is 6.07 Å². The summed E-state index contributed by atoms with van der Waals surface area (Å²) in [4.78, 5) is -0.329. The van der Waals surface area contributed by atoms with Crippen LogP contribution in [-0.2, 0) is 16.5 Å². The summed E-state index contributed by atoms with van der Waals surface area (Å²) in [5.74, 6) is -0.0333. The van der Waals surface area contributed by atoms with Crippen LogP contribution in [0.1, 0.15) is 38.2 Å². The Kier molecular flexibility index (Phi) is 9.65. The molecule has 0 saturated carbocycles. The SMILES string of the molecule is CCCCCCc1cc(Oc2ccccc2)c([O-])cc1S(=O)(=O)O.[K+]. The van der Waals surface area contributed by atoms with E-state index in [0.717, 1.165) is 31.7 Å². The van der Waals surface area contributed by atoms with E-state index in [2.05, 4.69) is 6.92 Å². The first-order chi connectivity index (χ1) is 11.4. The van der Waals surface area contributed by atoms with E-state index < -0.39 is 15.9 Å². The normalized spacial score (nSPS) is 11.0. The molecule has 2 aromatic carbocycles. The molecule has 0 aliphatic carbocycles. The number of unbranched alkanes of at least 4 members (excludes halogenated alkanes) is 3. The molecular formula is C18H21KO5S. The first-order valence-corrected chi connectivity index (χ1v) is 9.40. The molecule has 130 valence electrons. The Balaban J connectivity index is 0.00000312. The van der Waals surface area contributed by atoms with Crippen LogP contribution in [-0.4, -0.2) is 13.0 Å². The maximum absolute atomic E-state index is 12.1. The molecule has 1 N–H and O–H groups in total. The maximum atomic E-state index is 12.1. The van der Waals surface area contributed by atoms with Gasteiger partial charge in [0.25, 0.3) is 10.1 Å². The average Bonchev–Trinajstić information content (AvgIpc) is 2.54. The second kappa shape index (κ2) is 10.7. The molecule has 0 aliphatic rings. The first kappa shape index (κ1) is 22.6. The van der Waals surface area contributed by atoms with E-state index in [1.807, 2.05) is 6.07 Å². The Labute approximate surface area is 191 Å². The molecule has 0 saturated heterocycles. The molecule has 0 aliphatic heterocycles.